The number of benzene rings is 2. The van der Waals surface area contributed by atoms with Crippen molar-refractivity contribution in [1.82, 2.24) is 0 Å². The maximum absolute atomic E-state index is 2.48. The third-order valence-electron chi connectivity index (χ3n) is 6.57. The fourth-order valence-corrected chi connectivity index (χ4v) is 7.28. The van der Waals surface area contributed by atoms with Crippen molar-refractivity contribution in [3.05, 3.63) is 57.6 Å². The lowest BCUT2D eigenvalue weighted by Crippen LogP contribution is -2.04. The van der Waals surface area contributed by atoms with E-state index in [0.717, 1.165) is 5.08 Å². The number of rotatable bonds is 10. The van der Waals surface area contributed by atoms with Crippen LogP contribution in [-0.2, 0) is 0 Å². The van der Waals surface area contributed by atoms with E-state index in [4.69, 9.17) is 0 Å². The standard InChI is InChI=1S/C31H48S2/c1-18(2)24-13-26(20(5)6)30(27(14-24)21(7)8)32-17-33-31-28(22(9)10)15-25(19(3)4)16-29(31)23(11)12/h13-16,18-23H,17H2,1-12H3. The molecule has 0 atom stereocenters. The normalized spacial score (nSPS) is 12.4. The van der Waals surface area contributed by atoms with Gasteiger partial charge >= 0.3 is 0 Å². The van der Waals surface area contributed by atoms with E-state index in [-0.39, 0.29) is 0 Å². The molecular weight excluding hydrogens is 436 g/mol. The molecule has 0 radical (unpaired) electrons. The van der Waals surface area contributed by atoms with Gasteiger partial charge in [0.2, 0.25) is 0 Å². The van der Waals surface area contributed by atoms with Crippen molar-refractivity contribution in [2.75, 3.05) is 5.08 Å². The van der Waals surface area contributed by atoms with Crippen LogP contribution in [0.4, 0.5) is 0 Å². The van der Waals surface area contributed by atoms with Gasteiger partial charge in [-0.15, -0.1) is 23.5 Å². The summed E-state index contributed by atoms with van der Waals surface area (Å²) in [7, 11) is 0. The van der Waals surface area contributed by atoms with Crippen molar-refractivity contribution in [2.24, 2.45) is 0 Å². The van der Waals surface area contributed by atoms with Gasteiger partial charge in [-0.05, 0) is 68.9 Å². The molecule has 0 unspecified atom stereocenters. The second kappa shape index (κ2) is 12.2. The van der Waals surface area contributed by atoms with E-state index in [1.807, 2.05) is 0 Å². The zero-order valence-electron chi connectivity index (χ0n) is 23.3. The minimum Gasteiger partial charge on any atom is -0.114 e. The summed E-state index contributed by atoms with van der Waals surface area (Å²) in [6, 6.07) is 9.91. The van der Waals surface area contributed by atoms with Crippen LogP contribution >= 0.6 is 23.5 Å². The van der Waals surface area contributed by atoms with Gasteiger partial charge in [0, 0.05) is 14.9 Å². The lowest BCUT2D eigenvalue weighted by atomic mass is 9.89. The molecule has 0 fully saturated rings. The third kappa shape index (κ3) is 7.07. The van der Waals surface area contributed by atoms with Crippen LogP contribution < -0.4 is 0 Å². The van der Waals surface area contributed by atoms with Gasteiger partial charge in [-0.1, -0.05) is 107 Å². The van der Waals surface area contributed by atoms with Crippen LogP contribution in [-0.4, -0.2) is 5.08 Å². The first-order chi connectivity index (χ1) is 15.3. The molecule has 0 saturated heterocycles. The van der Waals surface area contributed by atoms with Crippen LogP contribution in [0.5, 0.6) is 0 Å². The Morgan fingerprint density at radius 2 is 0.667 bits per heavy atom. The zero-order valence-corrected chi connectivity index (χ0v) is 24.9. The highest BCUT2D eigenvalue weighted by Gasteiger charge is 2.20. The summed E-state index contributed by atoms with van der Waals surface area (Å²) in [5.41, 5.74) is 9.07. The maximum atomic E-state index is 2.48. The Bertz CT molecular complexity index is 783. The summed E-state index contributed by atoms with van der Waals surface area (Å²) in [6.45, 7) is 28.0. The van der Waals surface area contributed by atoms with E-state index >= 15 is 0 Å². The van der Waals surface area contributed by atoms with Gasteiger partial charge in [0.1, 0.15) is 0 Å². The van der Waals surface area contributed by atoms with Gasteiger partial charge in [-0.25, -0.2) is 0 Å². The first-order valence-corrected chi connectivity index (χ1v) is 14.9. The van der Waals surface area contributed by atoms with Crippen molar-refractivity contribution in [3.8, 4) is 0 Å². The van der Waals surface area contributed by atoms with Crippen LogP contribution in [0.2, 0.25) is 0 Å². The van der Waals surface area contributed by atoms with Crippen LogP contribution in [0.1, 0.15) is 152 Å². The van der Waals surface area contributed by atoms with E-state index in [1.54, 1.807) is 0 Å². The van der Waals surface area contributed by atoms with Gasteiger partial charge in [-0.3, -0.25) is 0 Å². The monoisotopic (exact) mass is 484 g/mol. The molecule has 33 heavy (non-hydrogen) atoms. The molecule has 2 aromatic carbocycles. The molecule has 0 aliphatic carbocycles. The molecule has 0 bridgehead atoms. The molecule has 2 aromatic rings. The first-order valence-electron chi connectivity index (χ1n) is 13.0. The molecule has 0 nitrogen and oxygen atoms in total. The van der Waals surface area contributed by atoms with Crippen LogP contribution in [0.3, 0.4) is 0 Å². The second-order valence-electron chi connectivity index (χ2n) is 11.4. The molecule has 0 spiro atoms. The summed E-state index contributed by atoms with van der Waals surface area (Å²) in [5.74, 6) is 3.28. The van der Waals surface area contributed by atoms with Crippen molar-refractivity contribution >= 4 is 23.5 Å². The van der Waals surface area contributed by atoms with Crippen molar-refractivity contribution in [3.63, 3.8) is 0 Å². The molecule has 0 aliphatic heterocycles. The summed E-state index contributed by atoms with van der Waals surface area (Å²) >= 11 is 4.12. The quantitative estimate of drug-likeness (QED) is 0.243. The van der Waals surface area contributed by atoms with Gasteiger partial charge < -0.3 is 0 Å². The van der Waals surface area contributed by atoms with Gasteiger partial charge in [0.25, 0.3) is 0 Å². The molecule has 2 heteroatoms. The minimum absolute atomic E-state index is 0.538. The Kier molecular flexibility index (Phi) is 10.5. The van der Waals surface area contributed by atoms with E-state index in [0.29, 0.717) is 35.5 Å². The molecule has 0 saturated carbocycles. The van der Waals surface area contributed by atoms with Crippen LogP contribution in [0, 0.1) is 0 Å². The maximum Gasteiger partial charge on any atom is 0.0487 e. The van der Waals surface area contributed by atoms with E-state index < -0.39 is 0 Å². The van der Waals surface area contributed by atoms with Gasteiger partial charge in [0.15, 0.2) is 0 Å². The van der Waals surface area contributed by atoms with Gasteiger partial charge in [-0.2, -0.15) is 0 Å². The van der Waals surface area contributed by atoms with E-state index in [1.165, 1.54) is 43.2 Å². The Morgan fingerprint density at radius 1 is 0.424 bits per heavy atom. The summed E-state index contributed by atoms with van der Waals surface area (Å²) in [4.78, 5) is 3.04. The summed E-state index contributed by atoms with van der Waals surface area (Å²) < 4.78 is 0. The molecule has 0 aromatic heterocycles. The lowest BCUT2D eigenvalue weighted by Gasteiger charge is -2.24. The predicted molar refractivity (Wildman–Crippen MR) is 154 cm³/mol. The Labute approximate surface area is 214 Å². The largest absolute Gasteiger partial charge is 0.114 e. The predicted octanol–water partition coefficient (Wildman–Crippen LogP) is 11.3. The number of hydrogen-bond acceptors (Lipinski definition) is 2. The van der Waals surface area contributed by atoms with E-state index in [9.17, 15) is 0 Å². The molecule has 0 aliphatic rings. The topological polar surface area (TPSA) is 0 Å². The summed E-state index contributed by atoms with van der Waals surface area (Å²) in [6.07, 6.45) is 0. The molecule has 0 heterocycles. The number of hydrogen-bond donors (Lipinski definition) is 0. The van der Waals surface area contributed by atoms with Crippen molar-refractivity contribution < 1.29 is 0 Å². The second-order valence-corrected chi connectivity index (χ2v) is 13.7. The van der Waals surface area contributed by atoms with Crippen LogP contribution in [0.15, 0.2) is 34.1 Å². The Morgan fingerprint density at radius 3 is 0.848 bits per heavy atom. The molecule has 0 amide bonds. The molecule has 184 valence electrons. The van der Waals surface area contributed by atoms with Crippen LogP contribution in [0.25, 0.3) is 0 Å². The Hall–Kier alpha value is -0.860. The molecule has 2 rings (SSSR count). The smallest absolute Gasteiger partial charge is 0.0487 e. The van der Waals surface area contributed by atoms with Crippen molar-refractivity contribution in [1.29, 1.82) is 0 Å². The molecular formula is C31H48S2. The number of thioether (sulfide) groups is 2. The van der Waals surface area contributed by atoms with Crippen molar-refractivity contribution in [2.45, 2.75) is 128 Å². The lowest BCUT2D eigenvalue weighted by molar-refractivity contribution is 0.771. The average molecular weight is 485 g/mol. The SMILES string of the molecule is CC(C)c1cc(C(C)C)c(SCSc2c(C(C)C)cc(C(C)C)cc2C(C)C)c(C(C)C)c1. The fourth-order valence-electron chi connectivity index (χ4n) is 4.26. The van der Waals surface area contributed by atoms with E-state index in [2.05, 4.69) is 131 Å². The average Bonchev–Trinajstić information content (AvgIpc) is 2.72. The van der Waals surface area contributed by atoms with Gasteiger partial charge in [0.05, 0.1) is 0 Å². The summed E-state index contributed by atoms with van der Waals surface area (Å²) in [5, 5.41) is 1.06. The third-order valence-corrected chi connectivity index (χ3v) is 9.03. The first kappa shape index (κ1) is 28.4. The zero-order chi connectivity index (χ0) is 25.0. The molecule has 0 N–H and O–H groups in total. The Balaban J connectivity index is 2.46. The highest BCUT2D eigenvalue weighted by atomic mass is 32.2. The highest BCUT2D eigenvalue weighted by Crippen LogP contribution is 2.43. The highest BCUT2D eigenvalue weighted by molar-refractivity contribution is 8.16. The fraction of sp³-hybridized carbons (Fsp3) is 0.613. The minimum atomic E-state index is 0.538.